The van der Waals surface area contributed by atoms with E-state index in [1.807, 2.05) is 27.2 Å². The first-order valence-electron chi connectivity index (χ1n) is 27.4. The Balaban J connectivity index is 4.11. The SMILES string of the molecule is CCCCCCCCCCCCCCCCCCCCCCCC/C=C/CC/C=C/CC/C=C/C(O)C(COP(=O)([O-])OCC[N+](C)(C)C)NC(=O)CCCCCCCCCCCC. The standard InChI is InChI=1S/C55H107N2O6P/c1-6-8-10-12-14-16-18-19-20-21-22-23-24-25-26-27-28-29-30-31-32-33-34-35-36-37-38-39-40-42-44-46-48-54(58)53(52-63-64(60,61)62-51-50-57(3,4)5)56-55(59)49-47-45-43-41-17-15-13-11-9-7-2/h35-36,39-40,46,48,53-54,58H,6-34,37-38,41-45,47,49-52H2,1-5H3,(H-,56,59,60,61)/b36-35+,40-39+,48-46+. The Morgan fingerprint density at radius 2 is 0.875 bits per heavy atom. The second kappa shape index (κ2) is 46.8. The van der Waals surface area contributed by atoms with Crippen molar-refractivity contribution in [2.75, 3.05) is 40.9 Å². The van der Waals surface area contributed by atoms with Crippen LogP contribution in [-0.4, -0.2) is 68.5 Å². The van der Waals surface area contributed by atoms with Crippen LogP contribution >= 0.6 is 7.82 Å². The molecule has 0 aliphatic rings. The zero-order valence-electron chi connectivity index (χ0n) is 43.0. The van der Waals surface area contributed by atoms with E-state index < -0.39 is 26.6 Å². The van der Waals surface area contributed by atoms with Crippen molar-refractivity contribution in [2.24, 2.45) is 0 Å². The number of carbonyl (C=O) groups excluding carboxylic acids is 1. The van der Waals surface area contributed by atoms with Gasteiger partial charge in [0.1, 0.15) is 13.2 Å². The van der Waals surface area contributed by atoms with E-state index in [2.05, 4.69) is 43.5 Å². The zero-order chi connectivity index (χ0) is 47.1. The van der Waals surface area contributed by atoms with Crippen molar-refractivity contribution in [3.05, 3.63) is 36.5 Å². The Bertz CT molecular complexity index is 1140. The van der Waals surface area contributed by atoms with Gasteiger partial charge in [-0.05, 0) is 44.9 Å². The van der Waals surface area contributed by atoms with Crippen LogP contribution in [0.3, 0.4) is 0 Å². The predicted molar refractivity (Wildman–Crippen MR) is 275 cm³/mol. The molecule has 0 spiro atoms. The third-order valence-corrected chi connectivity index (χ3v) is 13.3. The maximum atomic E-state index is 12.8. The quantitative estimate of drug-likeness (QED) is 0.0272. The average molecular weight is 923 g/mol. The van der Waals surface area contributed by atoms with Gasteiger partial charge >= 0.3 is 0 Å². The number of allylic oxidation sites excluding steroid dienone is 5. The monoisotopic (exact) mass is 923 g/mol. The summed E-state index contributed by atoms with van der Waals surface area (Å²) in [5.41, 5.74) is 0. The van der Waals surface area contributed by atoms with Crippen LogP contribution in [0.1, 0.15) is 258 Å². The minimum atomic E-state index is -4.60. The van der Waals surface area contributed by atoms with Crippen LogP contribution in [0, 0.1) is 0 Å². The lowest BCUT2D eigenvalue weighted by Gasteiger charge is -2.29. The number of nitrogens with one attached hydrogen (secondary N) is 1. The first-order chi connectivity index (χ1) is 31.0. The molecule has 0 aliphatic heterocycles. The number of amides is 1. The molecule has 3 atom stereocenters. The number of likely N-dealkylation sites (N-methyl/N-ethyl adjacent to an activating group) is 1. The summed E-state index contributed by atoms with van der Waals surface area (Å²) < 4.78 is 23.2. The summed E-state index contributed by atoms with van der Waals surface area (Å²) in [5, 5.41) is 13.8. The average Bonchev–Trinajstić information content (AvgIpc) is 3.25. The number of phosphoric acid groups is 1. The van der Waals surface area contributed by atoms with Crippen LogP contribution in [0.2, 0.25) is 0 Å². The lowest BCUT2D eigenvalue weighted by molar-refractivity contribution is -0.870. The van der Waals surface area contributed by atoms with E-state index in [1.54, 1.807) is 6.08 Å². The molecule has 0 aromatic carbocycles. The molecule has 0 bridgehead atoms. The van der Waals surface area contributed by atoms with Gasteiger partial charge in [0.25, 0.3) is 7.82 Å². The van der Waals surface area contributed by atoms with E-state index in [0.29, 0.717) is 17.4 Å². The van der Waals surface area contributed by atoms with E-state index in [9.17, 15) is 19.4 Å². The van der Waals surface area contributed by atoms with E-state index in [-0.39, 0.29) is 12.5 Å². The Hall–Kier alpha value is -1.28. The van der Waals surface area contributed by atoms with Gasteiger partial charge in [0.2, 0.25) is 5.91 Å². The second-order valence-corrected chi connectivity index (χ2v) is 21.3. The summed E-state index contributed by atoms with van der Waals surface area (Å²) in [6.07, 6.45) is 59.6. The van der Waals surface area contributed by atoms with Gasteiger partial charge in [0, 0.05) is 6.42 Å². The molecule has 0 aromatic heterocycles. The first-order valence-corrected chi connectivity index (χ1v) is 28.8. The highest BCUT2D eigenvalue weighted by molar-refractivity contribution is 7.45. The highest BCUT2D eigenvalue weighted by Gasteiger charge is 2.23. The molecule has 9 heteroatoms. The van der Waals surface area contributed by atoms with Crippen molar-refractivity contribution < 1.29 is 32.9 Å². The smallest absolute Gasteiger partial charge is 0.268 e. The lowest BCUT2D eigenvalue weighted by atomic mass is 10.0. The number of aliphatic hydroxyl groups excluding tert-OH is 1. The molecule has 3 unspecified atom stereocenters. The molecule has 2 N–H and O–H groups in total. The highest BCUT2D eigenvalue weighted by atomic mass is 31.2. The number of carbonyl (C=O) groups is 1. The normalized spacial score (nSPS) is 14.3. The minimum Gasteiger partial charge on any atom is -0.756 e. The summed E-state index contributed by atoms with van der Waals surface area (Å²) in [6, 6.07) is -0.906. The van der Waals surface area contributed by atoms with Gasteiger partial charge < -0.3 is 28.8 Å². The van der Waals surface area contributed by atoms with Gasteiger partial charge in [0.05, 0.1) is 39.9 Å². The first kappa shape index (κ1) is 62.7. The fraction of sp³-hybridized carbons (Fsp3) is 0.873. The van der Waals surface area contributed by atoms with E-state index in [0.717, 1.165) is 44.9 Å². The molecule has 0 rings (SSSR count). The molecule has 0 saturated carbocycles. The summed E-state index contributed by atoms with van der Waals surface area (Å²) in [7, 11) is 1.24. The fourth-order valence-corrected chi connectivity index (χ4v) is 8.73. The molecule has 1 amide bonds. The largest absolute Gasteiger partial charge is 0.756 e. The summed E-state index contributed by atoms with van der Waals surface area (Å²) in [5.74, 6) is -0.213. The predicted octanol–water partition coefficient (Wildman–Crippen LogP) is 15.6. The van der Waals surface area contributed by atoms with Crippen LogP contribution in [0.25, 0.3) is 0 Å². The van der Waals surface area contributed by atoms with E-state index in [1.165, 1.54) is 193 Å². The molecule has 8 nitrogen and oxygen atoms in total. The Morgan fingerprint density at radius 1 is 0.531 bits per heavy atom. The van der Waals surface area contributed by atoms with Crippen LogP contribution in [0.15, 0.2) is 36.5 Å². The number of quaternary nitrogens is 1. The van der Waals surface area contributed by atoms with Crippen molar-refractivity contribution in [2.45, 2.75) is 270 Å². The van der Waals surface area contributed by atoms with Crippen LogP contribution < -0.4 is 10.2 Å². The summed E-state index contributed by atoms with van der Waals surface area (Å²) in [6.45, 7) is 4.62. The van der Waals surface area contributed by atoms with Crippen molar-refractivity contribution in [3.63, 3.8) is 0 Å². The Labute approximate surface area is 397 Å². The molecule has 0 heterocycles. The summed E-state index contributed by atoms with van der Waals surface area (Å²) in [4.78, 5) is 25.3. The number of hydrogen-bond acceptors (Lipinski definition) is 6. The second-order valence-electron chi connectivity index (χ2n) is 19.9. The molecular formula is C55H107N2O6P. The van der Waals surface area contributed by atoms with E-state index in [4.69, 9.17) is 9.05 Å². The van der Waals surface area contributed by atoms with Crippen molar-refractivity contribution in [3.8, 4) is 0 Å². The topological polar surface area (TPSA) is 108 Å². The minimum absolute atomic E-state index is 0.00793. The molecule has 0 saturated heterocycles. The van der Waals surface area contributed by atoms with E-state index >= 15 is 0 Å². The van der Waals surface area contributed by atoms with Gasteiger partial charge in [0.15, 0.2) is 0 Å². The molecule has 0 radical (unpaired) electrons. The number of hydrogen-bond donors (Lipinski definition) is 2. The van der Waals surface area contributed by atoms with Crippen molar-refractivity contribution in [1.82, 2.24) is 5.32 Å². The third-order valence-electron chi connectivity index (χ3n) is 12.3. The number of nitrogens with zero attached hydrogens (tertiary/aromatic N) is 1. The molecule has 64 heavy (non-hydrogen) atoms. The van der Waals surface area contributed by atoms with Crippen LogP contribution in [0.5, 0.6) is 0 Å². The molecule has 0 aromatic rings. The number of aliphatic hydroxyl groups is 1. The Morgan fingerprint density at radius 3 is 1.27 bits per heavy atom. The van der Waals surface area contributed by atoms with Gasteiger partial charge in [-0.15, -0.1) is 0 Å². The zero-order valence-corrected chi connectivity index (χ0v) is 43.9. The highest BCUT2D eigenvalue weighted by Crippen LogP contribution is 2.38. The van der Waals surface area contributed by atoms with Gasteiger partial charge in [-0.2, -0.15) is 0 Å². The maximum absolute atomic E-state index is 12.8. The molecule has 0 aliphatic carbocycles. The van der Waals surface area contributed by atoms with Crippen molar-refractivity contribution in [1.29, 1.82) is 0 Å². The fourth-order valence-electron chi connectivity index (χ4n) is 8.01. The Kier molecular flexibility index (Phi) is 45.9. The van der Waals surface area contributed by atoms with Gasteiger partial charge in [-0.1, -0.05) is 243 Å². The number of rotatable bonds is 50. The van der Waals surface area contributed by atoms with Gasteiger partial charge in [-0.25, -0.2) is 0 Å². The molecule has 0 fully saturated rings. The van der Waals surface area contributed by atoms with Crippen LogP contribution in [-0.2, 0) is 18.4 Å². The third kappa shape index (κ3) is 48.6. The number of unbranched alkanes of at least 4 members (excludes halogenated alkanes) is 33. The molecule has 378 valence electrons. The van der Waals surface area contributed by atoms with Gasteiger partial charge in [-0.3, -0.25) is 9.36 Å². The lowest BCUT2D eigenvalue weighted by Crippen LogP contribution is -2.45. The number of phosphoric ester groups is 1. The molecular weight excluding hydrogens is 816 g/mol. The van der Waals surface area contributed by atoms with Crippen LogP contribution in [0.4, 0.5) is 0 Å². The maximum Gasteiger partial charge on any atom is 0.268 e. The van der Waals surface area contributed by atoms with Crippen molar-refractivity contribution >= 4 is 13.7 Å². The summed E-state index contributed by atoms with van der Waals surface area (Å²) >= 11 is 0.